The van der Waals surface area contributed by atoms with Crippen LogP contribution in [0.25, 0.3) is 10.6 Å². The molecule has 0 radical (unpaired) electrons. The Bertz CT molecular complexity index is 1250. The smallest absolute Gasteiger partial charge is 0.261 e. The number of hydrogen-bond donors (Lipinski definition) is 3. The quantitative estimate of drug-likeness (QED) is 0.475. The fraction of sp³-hybridized carbons (Fsp3) is 0.211. The van der Waals surface area contributed by atoms with Crippen LogP contribution >= 0.6 is 22.7 Å². The van der Waals surface area contributed by atoms with Crippen LogP contribution in [0.4, 0.5) is 5.13 Å². The summed E-state index contributed by atoms with van der Waals surface area (Å²) >= 11 is 2.79. The number of benzene rings is 1. The SMILES string of the molecule is COc1ccc(S(N)(=O)=O)cc1C(=O)Nc1nc(-c2ccc(CNC(C)=O)s2)c(C)s1. The molecule has 0 saturated carbocycles. The lowest BCUT2D eigenvalue weighted by atomic mass is 10.2. The molecule has 0 aliphatic heterocycles. The van der Waals surface area contributed by atoms with Gasteiger partial charge < -0.3 is 10.1 Å². The van der Waals surface area contributed by atoms with E-state index >= 15 is 0 Å². The Labute approximate surface area is 187 Å². The number of primary sulfonamides is 1. The molecule has 0 bridgehead atoms. The first-order chi connectivity index (χ1) is 14.6. The topological polar surface area (TPSA) is 140 Å². The Balaban J connectivity index is 1.83. The van der Waals surface area contributed by atoms with Gasteiger partial charge in [0.05, 0.1) is 34.7 Å². The maximum atomic E-state index is 12.8. The second-order valence-corrected chi connectivity index (χ2v) is 10.4. The van der Waals surface area contributed by atoms with Crippen molar-refractivity contribution in [3.8, 4) is 16.3 Å². The number of sulfonamides is 1. The van der Waals surface area contributed by atoms with E-state index < -0.39 is 15.9 Å². The number of ether oxygens (including phenoxy) is 1. The molecular formula is C19H20N4O5S3. The second kappa shape index (κ2) is 9.14. The third-order valence-corrected chi connectivity index (χ3v) is 7.06. The molecule has 0 spiro atoms. The van der Waals surface area contributed by atoms with Crippen LogP contribution in [-0.4, -0.2) is 32.3 Å². The Morgan fingerprint density at radius 1 is 1.19 bits per heavy atom. The highest BCUT2D eigenvalue weighted by Gasteiger charge is 2.20. The first-order valence-electron chi connectivity index (χ1n) is 8.91. The van der Waals surface area contributed by atoms with Crippen LogP contribution in [-0.2, 0) is 21.4 Å². The fourth-order valence-electron chi connectivity index (χ4n) is 2.70. The van der Waals surface area contributed by atoms with Crippen LogP contribution in [0.1, 0.15) is 27.0 Å². The number of anilines is 1. The Hall–Kier alpha value is -2.80. The van der Waals surface area contributed by atoms with E-state index in [1.807, 2.05) is 19.1 Å². The summed E-state index contributed by atoms with van der Waals surface area (Å²) in [5, 5.41) is 11.0. The normalized spacial score (nSPS) is 11.2. The van der Waals surface area contributed by atoms with Crippen molar-refractivity contribution in [3.63, 3.8) is 0 Å². The molecule has 0 fully saturated rings. The number of nitrogens with one attached hydrogen (secondary N) is 2. The third-order valence-electron chi connectivity index (χ3n) is 4.17. The highest BCUT2D eigenvalue weighted by atomic mass is 32.2. The zero-order valence-electron chi connectivity index (χ0n) is 16.9. The van der Waals surface area contributed by atoms with Crippen LogP contribution in [0, 0.1) is 6.92 Å². The number of aryl methyl sites for hydroxylation is 1. The number of amides is 2. The lowest BCUT2D eigenvalue weighted by Gasteiger charge is -2.09. The molecule has 9 nitrogen and oxygen atoms in total. The minimum absolute atomic E-state index is 0.0251. The minimum atomic E-state index is -3.98. The number of carbonyl (C=O) groups is 2. The van der Waals surface area contributed by atoms with Gasteiger partial charge in [-0.3, -0.25) is 14.9 Å². The van der Waals surface area contributed by atoms with Gasteiger partial charge >= 0.3 is 0 Å². The van der Waals surface area contributed by atoms with Crippen molar-refractivity contribution in [1.29, 1.82) is 0 Å². The standard InChI is InChI=1S/C19H20N4O5S3/c1-10-17(16-7-4-12(30-16)9-21-11(2)24)22-19(29-10)23-18(25)14-8-13(31(20,26)27)5-6-15(14)28-3/h4-8H,9H2,1-3H3,(H,21,24)(H2,20,26,27)(H,22,23,25). The predicted molar refractivity (Wildman–Crippen MR) is 120 cm³/mol. The number of methoxy groups -OCH3 is 1. The molecule has 2 amide bonds. The molecule has 0 atom stereocenters. The van der Waals surface area contributed by atoms with E-state index in [0.29, 0.717) is 11.7 Å². The molecule has 0 saturated heterocycles. The molecule has 1 aromatic carbocycles. The van der Waals surface area contributed by atoms with Crippen molar-refractivity contribution in [2.45, 2.75) is 25.3 Å². The van der Waals surface area contributed by atoms with Crippen LogP contribution in [0.2, 0.25) is 0 Å². The van der Waals surface area contributed by atoms with E-state index in [1.165, 1.54) is 54.9 Å². The molecule has 3 rings (SSSR count). The third kappa shape index (κ3) is 5.47. The Morgan fingerprint density at radius 3 is 2.58 bits per heavy atom. The van der Waals surface area contributed by atoms with Crippen LogP contribution in [0.15, 0.2) is 35.2 Å². The van der Waals surface area contributed by atoms with E-state index in [4.69, 9.17) is 9.88 Å². The lowest BCUT2D eigenvalue weighted by Crippen LogP contribution is -2.17. The monoisotopic (exact) mass is 480 g/mol. The largest absolute Gasteiger partial charge is 0.496 e. The zero-order valence-corrected chi connectivity index (χ0v) is 19.3. The van der Waals surface area contributed by atoms with Gasteiger partial charge in [0.2, 0.25) is 15.9 Å². The van der Waals surface area contributed by atoms with Crippen LogP contribution in [0.3, 0.4) is 0 Å². The number of rotatable bonds is 7. The summed E-state index contributed by atoms with van der Waals surface area (Å²) in [6.45, 7) is 3.78. The number of hydrogen-bond acceptors (Lipinski definition) is 8. The molecule has 31 heavy (non-hydrogen) atoms. The summed E-state index contributed by atoms with van der Waals surface area (Å²) in [4.78, 5) is 31.0. The second-order valence-electron chi connectivity index (χ2n) is 6.46. The van der Waals surface area contributed by atoms with Gasteiger partial charge in [-0.05, 0) is 37.3 Å². The number of thiophene rings is 1. The average molecular weight is 481 g/mol. The van der Waals surface area contributed by atoms with Gasteiger partial charge in [-0.25, -0.2) is 18.5 Å². The van der Waals surface area contributed by atoms with Gasteiger partial charge in [0.25, 0.3) is 5.91 Å². The lowest BCUT2D eigenvalue weighted by molar-refractivity contribution is -0.119. The van der Waals surface area contributed by atoms with Gasteiger partial charge in [0.15, 0.2) is 5.13 Å². The van der Waals surface area contributed by atoms with Crippen molar-refractivity contribution in [1.82, 2.24) is 10.3 Å². The van der Waals surface area contributed by atoms with Gasteiger partial charge in [-0.2, -0.15) is 0 Å². The summed E-state index contributed by atoms with van der Waals surface area (Å²) in [5.74, 6) is -0.467. The number of carbonyl (C=O) groups excluding carboxylic acids is 2. The molecule has 3 aromatic rings. The first kappa shape index (κ1) is 22.9. The van der Waals surface area contributed by atoms with E-state index in [0.717, 1.165) is 20.3 Å². The molecule has 164 valence electrons. The van der Waals surface area contributed by atoms with Crippen molar-refractivity contribution < 1.29 is 22.7 Å². The van der Waals surface area contributed by atoms with Crippen molar-refractivity contribution in [3.05, 3.63) is 45.6 Å². The summed E-state index contributed by atoms with van der Waals surface area (Å²) in [5.41, 5.74) is 0.752. The van der Waals surface area contributed by atoms with Gasteiger partial charge in [0.1, 0.15) is 5.75 Å². The molecule has 0 unspecified atom stereocenters. The highest BCUT2D eigenvalue weighted by Crippen LogP contribution is 2.35. The molecule has 2 aromatic heterocycles. The molecular weight excluding hydrogens is 460 g/mol. The first-order valence-corrected chi connectivity index (χ1v) is 12.1. The molecule has 12 heteroatoms. The number of nitrogens with zero attached hydrogens (tertiary/aromatic N) is 1. The van der Waals surface area contributed by atoms with Crippen LogP contribution < -0.4 is 20.5 Å². The summed E-state index contributed by atoms with van der Waals surface area (Å²) < 4.78 is 28.4. The van der Waals surface area contributed by atoms with Crippen molar-refractivity contribution >= 4 is 49.6 Å². The van der Waals surface area contributed by atoms with Crippen molar-refractivity contribution in [2.24, 2.45) is 5.14 Å². The van der Waals surface area contributed by atoms with E-state index in [2.05, 4.69) is 15.6 Å². The van der Waals surface area contributed by atoms with Crippen LogP contribution in [0.5, 0.6) is 5.75 Å². The van der Waals surface area contributed by atoms with E-state index in [1.54, 1.807) is 0 Å². The average Bonchev–Trinajstić information content (AvgIpc) is 3.31. The molecule has 2 heterocycles. The minimum Gasteiger partial charge on any atom is -0.496 e. The summed E-state index contributed by atoms with van der Waals surface area (Å²) in [6.07, 6.45) is 0. The number of nitrogens with two attached hydrogens (primary N) is 1. The maximum absolute atomic E-state index is 12.8. The maximum Gasteiger partial charge on any atom is 0.261 e. The molecule has 4 N–H and O–H groups in total. The van der Waals surface area contributed by atoms with Crippen molar-refractivity contribution in [2.75, 3.05) is 12.4 Å². The molecule has 0 aliphatic carbocycles. The summed E-state index contributed by atoms with van der Waals surface area (Å²) in [7, 11) is -2.60. The predicted octanol–water partition coefficient (Wildman–Crippen LogP) is 2.72. The van der Waals surface area contributed by atoms with E-state index in [9.17, 15) is 18.0 Å². The molecule has 0 aliphatic rings. The van der Waals surface area contributed by atoms with Gasteiger partial charge in [-0.15, -0.1) is 22.7 Å². The number of aromatic nitrogens is 1. The van der Waals surface area contributed by atoms with Gasteiger partial charge in [-0.1, -0.05) is 0 Å². The Morgan fingerprint density at radius 2 is 1.94 bits per heavy atom. The summed E-state index contributed by atoms with van der Waals surface area (Å²) in [6, 6.07) is 7.63. The Kier molecular flexibility index (Phi) is 6.74. The van der Waals surface area contributed by atoms with E-state index in [-0.39, 0.29) is 22.1 Å². The highest BCUT2D eigenvalue weighted by molar-refractivity contribution is 7.89. The van der Waals surface area contributed by atoms with Gasteiger partial charge in [0, 0.05) is 16.7 Å². The fourth-order valence-corrected chi connectivity index (χ4v) is 5.12. The zero-order chi connectivity index (χ0) is 22.8. The number of thiazole rings is 1.